The molecule has 3 aromatic rings. The summed E-state index contributed by atoms with van der Waals surface area (Å²) < 4.78 is 41.8. The van der Waals surface area contributed by atoms with Crippen LogP contribution in [0.2, 0.25) is 10.0 Å². The Hall–Kier alpha value is -1.92. The number of hydrogen-bond acceptors (Lipinski definition) is 8. The van der Waals surface area contributed by atoms with E-state index >= 15 is 0 Å². The van der Waals surface area contributed by atoms with Crippen LogP contribution in [0.5, 0.6) is 0 Å². The fraction of sp³-hybridized carbons (Fsp3) is 0.333. The first-order chi connectivity index (χ1) is 17.3. The zero-order chi connectivity index (χ0) is 27.1. The smallest absolute Gasteiger partial charge is 0.414 e. The Bertz CT molecular complexity index is 1310. The molecular weight excluding hydrogens is 653 g/mol. The van der Waals surface area contributed by atoms with Crippen molar-refractivity contribution < 1.29 is 28.2 Å². The quantitative estimate of drug-likeness (QED) is 0.164. The maximum Gasteiger partial charge on any atom is 0.414 e. The maximum absolute atomic E-state index is 13.9. The molecule has 2 N–H and O–H groups in total. The van der Waals surface area contributed by atoms with Gasteiger partial charge < -0.3 is 15.4 Å². The van der Waals surface area contributed by atoms with Gasteiger partial charge in [0.05, 0.1) is 34.1 Å². The predicted octanol–water partition coefficient (Wildman–Crippen LogP) is 4.50. The third-order valence-corrected chi connectivity index (χ3v) is 7.39. The summed E-state index contributed by atoms with van der Waals surface area (Å²) in [5, 5.41) is 43.0. The molecular formula is C21H19Cl2F3IN7O3. The molecule has 4 rings (SSSR count). The van der Waals surface area contributed by atoms with Crippen molar-refractivity contribution >= 4 is 51.8 Å². The van der Waals surface area contributed by atoms with E-state index in [1.54, 1.807) is 22.9 Å². The van der Waals surface area contributed by atoms with Gasteiger partial charge >= 0.3 is 6.18 Å². The summed E-state index contributed by atoms with van der Waals surface area (Å²) in [6.45, 7) is 0.922. The van der Waals surface area contributed by atoms with Crippen LogP contribution in [0.3, 0.4) is 0 Å². The van der Waals surface area contributed by atoms with Crippen LogP contribution in [0.4, 0.5) is 13.2 Å². The summed E-state index contributed by atoms with van der Waals surface area (Å²) in [5.74, 6) is 0.0189. The Labute approximate surface area is 232 Å². The van der Waals surface area contributed by atoms with Gasteiger partial charge in [-0.2, -0.15) is 13.2 Å². The minimum absolute atomic E-state index is 0.0369. The van der Waals surface area contributed by atoms with Crippen LogP contribution in [0, 0.1) is 5.21 Å². The molecule has 0 saturated carbocycles. The van der Waals surface area contributed by atoms with Gasteiger partial charge in [0.2, 0.25) is 5.82 Å². The van der Waals surface area contributed by atoms with Gasteiger partial charge in [-0.05, 0) is 25.1 Å². The summed E-state index contributed by atoms with van der Waals surface area (Å²) in [6, 6.07) is 6.39. The summed E-state index contributed by atoms with van der Waals surface area (Å²) in [6.07, 6.45) is -6.65. The van der Waals surface area contributed by atoms with Crippen molar-refractivity contribution in [3.8, 4) is 5.69 Å². The van der Waals surface area contributed by atoms with E-state index in [9.17, 15) is 28.6 Å². The van der Waals surface area contributed by atoms with Crippen LogP contribution in [0.15, 0.2) is 47.8 Å². The lowest BCUT2D eigenvalue weighted by Crippen LogP contribution is -2.48. The molecule has 16 heteroatoms. The van der Waals surface area contributed by atoms with Gasteiger partial charge in [-0.3, -0.25) is 4.98 Å². The van der Waals surface area contributed by atoms with Crippen molar-refractivity contribution in [2.45, 2.75) is 44.3 Å². The molecule has 1 aliphatic heterocycles. The highest BCUT2D eigenvalue weighted by atomic mass is 127. The van der Waals surface area contributed by atoms with Crippen LogP contribution in [-0.4, -0.2) is 62.1 Å². The molecule has 2 unspecified atom stereocenters. The SMILES string of the molecule is C[C@@H](O)c1nc(C[N+]2([O-])N=C(c3ccc(Cl)cc3)C(C[C@H](O)C(F)(F)F)N2I)nn1-c1cnccc1Cl. The third-order valence-electron chi connectivity index (χ3n) is 5.47. The Balaban J connectivity index is 1.73. The van der Waals surface area contributed by atoms with Crippen LogP contribution in [-0.2, 0) is 6.54 Å². The molecule has 3 heterocycles. The van der Waals surface area contributed by atoms with Gasteiger partial charge in [-0.1, -0.05) is 43.7 Å². The van der Waals surface area contributed by atoms with E-state index in [-0.39, 0.29) is 22.4 Å². The van der Waals surface area contributed by atoms with Gasteiger partial charge in [-0.15, -0.1) is 9.96 Å². The average molecular weight is 672 g/mol. The van der Waals surface area contributed by atoms with Crippen molar-refractivity contribution in [3.05, 3.63) is 75.2 Å². The molecule has 0 bridgehead atoms. The average Bonchev–Trinajstić information content (AvgIpc) is 3.34. The third kappa shape index (κ3) is 5.90. The summed E-state index contributed by atoms with van der Waals surface area (Å²) in [5.41, 5.74) is 0.710. The molecule has 1 aromatic carbocycles. The van der Waals surface area contributed by atoms with E-state index in [0.29, 0.717) is 16.3 Å². The lowest BCUT2D eigenvalue weighted by Gasteiger charge is -2.36. The monoisotopic (exact) mass is 671 g/mol. The first kappa shape index (κ1) is 28.1. The largest absolute Gasteiger partial charge is 0.583 e. The zero-order valence-electron chi connectivity index (χ0n) is 18.9. The second-order valence-electron chi connectivity index (χ2n) is 8.21. The number of aliphatic hydroxyl groups excluding tert-OH is 2. The Morgan fingerprint density at radius 2 is 1.86 bits per heavy atom. The number of quaternary nitrogens is 1. The minimum atomic E-state index is -4.89. The molecule has 37 heavy (non-hydrogen) atoms. The molecule has 198 valence electrons. The molecule has 1 aliphatic rings. The lowest BCUT2D eigenvalue weighted by molar-refractivity contribution is -0.980. The number of alkyl halides is 3. The van der Waals surface area contributed by atoms with E-state index in [4.69, 9.17) is 23.2 Å². The van der Waals surface area contributed by atoms with E-state index in [2.05, 4.69) is 20.2 Å². The van der Waals surface area contributed by atoms with Gasteiger partial charge in [0, 0.05) is 23.2 Å². The lowest BCUT2D eigenvalue weighted by atomic mass is 9.99. The standard InChI is InChI=1S/C21H19Cl2F3IN7O3/c1-11(35)20-29-18(30-32(20)16-9-28-7-6-14(16)23)10-34(37)31-19(12-2-4-13(22)5-3-12)15(33(34)27)8-17(36)21(24,25)26/h2-7,9,11,15,17,35-36H,8,10H2,1H3/t11-,15?,17+,34?/m1/s1. The fourth-order valence-electron chi connectivity index (χ4n) is 3.71. The van der Waals surface area contributed by atoms with Crippen LogP contribution < -0.4 is 0 Å². The summed E-state index contributed by atoms with van der Waals surface area (Å²) >= 11 is 13.8. The Morgan fingerprint density at radius 3 is 2.46 bits per heavy atom. The highest BCUT2D eigenvalue weighted by molar-refractivity contribution is 14.1. The Morgan fingerprint density at radius 1 is 1.19 bits per heavy atom. The van der Waals surface area contributed by atoms with Crippen LogP contribution >= 0.6 is 46.1 Å². The molecule has 4 atom stereocenters. The molecule has 0 amide bonds. The molecule has 0 spiro atoms. The molecule has 0 fully saturated rings. The first-order valence-electron chi connectivity index (χ1n) is 10.7. The highest BCUT2D eigenvalue weighted by Crippen LogP contribution is 2.37. The topological polar surface area (TPSA) is 123 Å². The van der Waals surface area contributed by atoms with Crippen molar-refractivity contribution in [1.82, 2.24) is 23.0 Å². The predicted molar refractivity (Wildman–Crippen MR) is 136 cm³/mol. The molecule has 10 nitrogen and oxygen atoms in total. The number of rotatable bonds is 7. The minimum Gasteiger partial charge on any atom is -0.583 e. The van der Waals surface area contributed by atoms with Gasteiger partial charge in [0.1, 0.15) is 23.5 Å². The summed E-state index contributed by atoms with van der Waals surface area (Å²) in [7, 11) is 0. The normalized spacial score (nSPS) is 22.2. The number of halogens is 6. The van der Waals surface area contributed by atoms with Crippen molar-refractivity contribution in [1.29, 1.82) is 0 Å². The van der Waals surface area contributed by atoms with Crippen LogP contribution in [0.25, 0.3) is 5.69 Å². The molecule has 0 radical (unpaired) electrons. The number of hydroxylamine groups is 1. The number of aromatic nitrogens is 4. The summed E-state index contributed by atoms with van der Waals surface area (Å²) in [4.78, 5) is 6.75. The van der Waals surface area contributed by atoms with Crippen LogP contribution in [0.1, 0.15) is 36.7 Å². The van der Waals surface area contributed by atoms with Gasteiger partial charge in [0.15, 0.2) is 18.5 Å². The number of benzene rings is 1. The second-order valence-corrected chi connectivity index (χ2v) is 10.0. The zero-order valence-corrected chi connectivity index (χ0v) is 22.6. The number of nitrogens with zero attached hydrogens (tertiary/aromatic N) is 7. The second kappa shape index (κ2) is 10.7. The molecule has 2 aromatic heterocycles. The Kier molecular flexibility index (Phi) is 8.11. The first-order valence-corrected chi connectivity index (χ1v) is 12.4. The van der Waals surface area contributed by atoms with Crippen molar-refractivity contribution in [2.24, 2.45) is 5.10 Å². The number of hydrogen-bond donors (Lipinski definition) is 2. The number of aliphatic hydroxyl groups is 2. The molecule has 0 aliphatic carbocycles. The fourth-order valence-corrected chi connectivity index (χ4v) is 4.76. The van der Waals surface area contributed by atoms with E-state index in [1.807, 2.05) is 0 Å². The molecule has 0 saturated heterocycles. The van der Waals surface area contributed by atoms with E-state index < -0.39 is 42.3 Å². The highest BCUT2D eigenvalue weighted by Gasteiger charge is 2.49. The van der Waals surface area contributed by atoms with Gasteiger partial charge in [0.25, 0.3) is 0 Å². The van der Waals surface area contributed by atoms with E-state index in [1.165, 1.54) is 54.3 Å². The van der Waals surface area contributed by atoms with Gasteiger partial charge in [-0.25, -0.2) is 9.67 Å². The van der Waals surface area contributed by atoms with E-state index in [0.717, 1.165) is 3.22 Å². The number of pyridine rings is 1. The van der Waals surface area contributed by atoms with Crippen molar-refractivity contribution in [3.63, 3.8) is 0 Å². The van der Waals surface area contributed by atoms with Crippen molar-refractivity contribution in [2.75, 3.05) is 0 Å². The maximum atomic E-state index is 13.9.